The molecule has 29 heavy (non-hydrogen) atoms. The molecule has 0 spiro atoms. The van der Waals surface area contributed by atoms with Crippen molar-refractivity contribution in [3.8, 4) is 23.4 Å². The van der Waals surface area contributed by atoms with E-state index in [-0.39, 0.29) is 24.7 Å². The first-order valence-corrected chi connectivity index (χ1v) is 9.03. The number of hydrogen-bond donors (Lipinski definition) is 1. The van der Waals surface area contributed by atoms with Crippen LogP contribution in [-0.4, -0.2) is 25.5 Å². The summed E-state index contributed by atoms with van der Waals surface area (Å²) in [6.07, 6.45) is 5.23. The quantitative estimate of drug-likeness (QED) is 0.616. The van der Waals surface area contributed by atoms with E-state index in [1.54, 1.807) is 37.6 Å². The van der Waals surface area contributed by atoms with E-state index in [2.05, 4.69) is 26.5 Å². The van der Waals surface area contributed by atoms with Crippen molar-refractivity contribution in [3.05, 3.63) is 54.0 Å². The molecule has 0 bridgehead atoms. The lowest BCUT2D eigenvalue weighted by atomic mass is 9.99. The Morgan fingerprint density at radius 1 is 1.24 bits per heavy atom. The second-order valence-corrected chi connectivity index (χ2v) is 6.67. The van der Waals surface area contributed by atoms with E-state index < -0.39 is 0 Å². The summed E-state index contributed by atoms with van der Waals surface area (Å²) in [7, 11) is 0. The summed E-state index contributed by atoms with van der Waals surface area (Å²) in [4.78, 5) is 21.1. The molecular weight excluding hydrogens is 366 g/mol. The lowest BCUT2D eigenvalue weighted by Gasteiger charge is -2.09. The third-order valence-electron chi connectivity index (χ3n) is 4.29. The first-order chi connectivity index (χ1) is 14.0. The number of nitriles is 2. The van der Waals surface area contributed by atoms with Crippen LogP contribution in [0.3, 0.4) is 0 Å². The van der Waals surface area contributed by atoms with E-state index in [1.807, 2.05) is 25.1 Å². The second kappa shape index (κ2) is 8.77. The predicted molar refractivity (Wildman–Crippen MR) is 107 cm³/mol. The highest BCUT2D eigenvalue weighted by Crippen LogP contribution is 2.24. The number of carbonyl (C=O) groups is 1. The molecule has 1 atom stereocenters. The van der Waals surface area contributed by atoms with Gasteiger partial charge in [-0.1, -0.05) is 24.3 Å². The van der Waals surface area contributed by atoms with E-state index >= 15 is 0 Å². The zero-order chi connectivity index (χ0) is 20.8. The van der Waals surface area contributed by atoms with Gasteiger partial charge in [-0.05, 0) is 19.4 Å². The number of carbonyl (C=O) groups excluding carboxylic acids is 1. The fourth-order valence-corrected chi connectivity index (χ4v) is 2.77. The number of Topliss-reactive ketones (excluding diaryl/α,β-unsaturated/α-hetero) is 1. The number of hydrogen-bond acceptors (Lipinski definition) is 7. The van der Waals surface area contributed by atoms with Crippen molar-refractivity contribution in [2.75, 3.05) is 5.32 Å². The van der Waals surface area contributed by atoms with Crippen molar-refractivity contribution in [2.24, 2.45) is 5.92 Å². The maximum Gasteiger partial charge on any atom is 0.227 e. The molecule has 0 aliphatic heterocycles. The third kappa shape index (κ3) is 4.82. The van der Waals surface area contributed by atoms with E-state index in [9.17, 15) is 4.79 Å². The fraction of sp³-hybridized carbons (Fsp3) is 0.238. The fourth-order valence-electron chi connectivity index (χ4n) is 2.77. The molecule has 0 unspecified atom stereocenters. The van der Waals surface area contributed by atoms with E-state index in [0.29, 0.717) is 17.2 Å². The summed E-state index contributed by atoms with van der Waals surface area (Å²) < 4.78 is 1.51. The van der Waals surface area contributed by atoms with Crippen LogP contribution in [0.4, 0.5) is 11.6 Å². The second-order valence-electron chi connectivity index (χ2n) is 6.67. The van der Waals surface area contributed by atoms with Crippen molar-refractivity contribution in [2.45, 2.75) is 26.8 Å². The average Bonchev–Trinajstić information content (AvgIpc) is 3.16. The first kappa shape index (κ1) is 19.7. The molecule has 0 radical (unpaired) electrons. The van der Waals surface area contributed by atoms with Crippen LogP contribution in [0.1, 0.15) is 29.3 Å². The SMILES string of the molecule is Cc1cnc(Nc2cnn(CC#N)c2)nc1-c1ccc(C(=O)C[C@@H](C)C#N)cc1. The van der Waals surface area contributed by atoms with Crippen LogP contribution in [0.2, 0.25) is 0 Å². The van der Waals surface area contributed by atoms with Crippen LogP contribution in [0.15, 0.2) is 42.9 Å². The smallest absolute Gasteiger partial charge is 0.227 e. The summed E-state index contributed by atoms with van der Waals surface area (Å²) in [6.45, 7) is 3.81. The number of aryl methyl sites for hydroxylation is 1. The molecule has 8 heteroatoms. The molecule has 3 aromatic rings. The minimum atomic E-state index is -0.308. The van der Waals surface area contributed by atoms with Crippen LogP contribution in [0.5, 0.6) is 0 Å². The van der Waals surface area contributed by atoms with Crippen molar-refractivity contribution in [1.82, 2.24) is 19.7 Å². The molecule has 0 saturated carbocycles. The zero-order valence-corrected chi connectivity index (χ0v) is 16.1. The van der Waals surface area contributed by atoms with Gasteiger partial charge in [0.2, 0.25) is 5.95 Å². The van der Waals surface area contributed by atoms with Gasteiger partial charge >= 0.3 is 0 Å². The van der Waals surface area contributed by atoms with Crippen LogP contribution < -0.4 is 5.32 Å². The highest BCUT2D eigenvalue weighted by atomic mass is 16.1. The number of nitrogens with one attached hydrogen (secondary N) is 1. The Balaban J connectivity index is 1.79. The molecule has 0 aliphatic rings. The van der Waals surface area contributed by atoms with Gasteiger partial charge in [-0.15, -0.1) is 0 Å². The van der Waals surface area contributed by atoms with Crippen molar-refractivity contribution in [1.29, 1.82) is 10.5 Å². The van der Waals surface area contributed by atoms with Crippen molar-refractivity contribution < 1.29 is 4.79 Å². The molecule has 0 saturated heterocycles. The van der Waals surface area contributed by atoms with Gasteiger partial charge in [0.25, 0.3) is 0 Å². The molecule has 0 amide bonds. The molecule has 8 nitrogen and oxygen atoms in total. The first-order valence-electron chi connectivity index (χ1n) is 9.03. The lowest BCUT2D eigenvalue weighted by Crippen LogP contribution is -2.04. The molecule has 144 valence electrons. The Kier molecular flexibility index (Phi) is 5.96. The molecular formula is C21H19N7O. The standard InChI is InChI=1S/C21H19N7O/c1-14(10-23)9-19(29)16-3-5-17(6-4-16)20-15(2)11-24-21(27-20)26-18-12-25-28(13-18)8-7-22/h3-6,11-14H,8-9H2,1-2H3,(H,24,26,27)/t14-/m1/s1. The lowest BCUT2D eigenvalue weighted by molar-refractivity contribution is 0.0973. The summed E-state index contributed by atoms with van der Waals surface area (Å²) in [6, 6.07) is 11.3. The monoisotopic (exact) mass is 385 g/mol. The molecule has 0 fully saturated rings. The zero-order valence-electron chi connectivity index (χ0n) is 16.1. The summed E-state index contributed by atoms with van der Waals surface area (Å²) in [5.74, 6) is 0.0456. The Hall–Kier alpha value is -4.04. The third-order valence-corrected chi connectivity index (χ3v) is 4.29. The van der Waals surface area contributed by atoms with Gasteiger partial charge in [0.1, 0.15) is 6.54 Å². The molecule has 0 aliphatic carbocycles. The Labute approximate surface area is 168 Å². The van der Waals surface area contributed by atoms with E-state index in [1.165, 1.54) is 4.68 Å². The topological polar surface area (TPSA) is 120 Å². The summed E-state index contributed by atoms with van der Waals surface area (Å²) in [5, 5.41) is 24.8. The van der Waals surface area contributed by atoms with Gasteiger partial charge in [0.05, 0.1) is 35.6 Å². The van der Waals surface area contributed by atoms with Gasteiger partial charge in [-0.25, -0.2) is 9.97 Å². The minimum Gasteiger partial charge on any atom is -0.321 e. The van der Waals surface area contributed by atoms with Gasteiger partial charge in [-0.2, -0.15) is 15.6 Å². The normalized spacial score (nSPS) is 11.3. The number of aromatic nitrogens is 4. The van der Waals surface area contributed by atoms with Gasteiger partial charge in [-0.3, -0.25) is 9.48 Å². The Morgan fingerprint density at radius 2 is 2.00 bits per heavy atom. The van der Waals surface area contributed by atoms with Crippen molar-refractivity contribution >= 4 is 17.4 Å². The molecule has 1 aromatic carbocycles. The Bertz CT molecular complexity index is 1100. The van der Waals surface area contributed by atoms with Crippen LogP contribution >= 0.6 is 0 Å². The van der Waals surface area contributed by atoms with E-state index in [4.69, 9.17) is 10.5 Å². The van der Waals surface area contributed by atoms with Gasteiger partial charge in [0.15, 0.2) is 5.78 Å². The maximum absolute atomic E-state index is 12.2. The van der Waals surface area contributed by atoms with Crippen LogP contribution in [0, 0.1) is 35.5 Å². The number of anilines is 2. The minimum absolute atomic E-state index is 0.0539. The van der Waals surface area contributed by atoms with Gasteiger partial charge in [0, 0.05) is 29.9 Å². The predicted octanol–water partition coefficient (Wildman–Crippen LogP) is 3.65. The number of rotatable bonds is 7. The highest BCUT2D eigenvalue weighted by molar-refractivity contribution is 5.96. The average molecular weight is 385 g/mol. The molecule has 1 N–H and O–H groups in total. The Morgan fingerprint density at radius 3 is 2.69 bits per heavy atom. The highest BCUT2D eigenvalue weighted by Gasteiger charge is 2.12. The van der Waals surface area contributed by atoms with Crippen LogP contribution in [-0.2, 0) is 6.54 Å². The molecule has 2 heterocycles. The van der Waals surface area contributed by atoms with E-state index in [0.717, 1.165) is 16.8 Å². The summed E-state index contributed by atoms with van der Waals surface area (Å²) >= 11 is 0. The number of nitrogens with zero attached hydrogens (tertiary/aromatic N) is 6. The number of benzene rings is 1. The summed E-state index contributed by atoms with van der Waals surface area (Å²) in [5.41, 5.74) is 3.76. The van der Waals surface area contributed by atoms with Crippen LogP contribution in [0.25, 0.3) is 11.3 Å². The van der Waals surface area contributed by atoms with Crippen molar-refractivity contribution in [3.63, 3.8) is 0 Å². The number of ketones is 1. The maximum atomic E-state index is 12.2. The van der Waals surface area contributed by atoms with Gasteiger partial charge < -0.3 is 5.32 Å². The largest absolute Gasteiger partial charge is 0.321 e. The molecule has 3 rings (SSSR count). The molecule has 2 aromatic heterocycles.